The van der Waals surface area contributed by atoms with E-state index >= 15 is 0 Å². The minimum Gasteiger partial charge on any atom is -0.380 e. The Morgan fingerprint density at radius 1 is 1.02 bits per heavy atom. The molecule has 2 aromatic carbocycles. The zero-order valence-electron chi connectivity index (χ0n) is 25.8. The van der Waals surface area contributed by atoms with Gasteiger partial charge in [-0.15, -0.1) is 0 Å². The van der Waals surface area contributed by atoms with Gasteiger partial charge in [0.25, 0.3) is 0 Å². The Morgan fingerprint density at radius 3 is 2.48 bits per heavy atom. The van der Waals surface area contributed by atoms with E-state index in [1.54, 1.807) is 6.07 Å². The Morgan fingerprint density at radius 2 is 1.79 bits per heavy atom. The van der Waals surface area contributed by atoms with E-state index in [4.69, 9.17) is 4.74 Å². The number of hydrogen-bond acceptors (Lipinski definition) is 6. The SMILES string of the molecule is CCCOCCN1CCN(C2CCN(c3cc4c(cc3CC)C(=O)c3c([nH]c5cc(C#N)ccc35)C4(C)C)CC2)CC1. The van der Waals surface area contributed by atoms with E-state index in [0.29, 0.717) is 11.6 Å². The number of nitrogens with one attached hydrogen (secondary N) is 1. The first kappa shape index (κ1) is 28.9. The Kier molecular flexibility index (Phi) is 8.15. The average molecular weight is 568 g/mol. The minimum atomic E-state index is -0.356. The van der Waals surface area contributed by atoms with Gasteiger partial charge >= 0.3 is 0 Å². The molecule has 6 rings (SSSR count). The maximum absolute atomic E-state index is 14.0. The maximum Gasteiger partial charge on any atom is 0.195 e. The molecule has 1 aromatic heterocycles. The molecule has 1 aliphatic carbocycles. The van der Waals surface area contributed by atoms with Crippen molar-refractivity contribution in [1.29, 1.82) is 5.26 Å². The van der Waals surface area contributed by atoms with E-state index in [0.717, 1.165) is 105 Å². The average Bonchev–Trinajstić information content (AvgIpc) is 3.42. The molecule has 2 fully saturated rings. The second kappa shape index (κ2) is 11.8. The molecule has 3 heterocycles. The molecule has 0 atom stereocenters. The molecule has 42 heavy (non-hydrogen) atoms. The lowest BCUT2D eigenvalue weighted by molar-refractivity contribution is 0.0559. The second-order valence-corrected chi connectivity index (χ2v) is 12.8. The van der Waals surface area contributed by atoms with Gasteiger partial charge in [-0.25, -0.2) is 0 Å². The van der Waals surface area contributed by atoms with Crippen molar-refractivity contribution in [2.24, 2.45) is 0 Å². The fourth-order valence-electron chi connectivity index (χ4n) is 7.42. The summed E-state index contributed by atoms with van der Waals surface area (Å²) in [5, 5.41) is 10.3. The smallest absolute Gasteiger partial charge is 0.195 e. The molecule has 0 bridgehead atoms. The third kappa shape index (κ3) is 5.15. The topological polar surface area (TPSA) is 75.6 Å². The van der Waals surface area contributed by atoms with Crippen LogP contribution >= 0.6 is 0 Å². The lowest BCUT2D eigenvalue weighted by Gasteiger charge is -2.44. The van der Waals surface area contributed by atoms with Crippen molar-refractivity contribution >= 4 is 22.4 Å². The molecule has 0 saturated carbocycles. The van der Waals surface area contributed by atoms with Crippen LogP contribution in [0.3, 0.4) is 0 Å². The summed E-state index contributed by atoms with van der Waals surface area (Å²) in [7, 11) is 0. The van der Waals surface area contributed by atoms with Crippen molar-refractivity contribution in [3.63, 3.8) is 0 Å². The summed E-state index contributed by atoms with van der Waals surface area (Å²) < 4.78 is 5.70. The van der Waals surface area contributed by atoms with Crippen LogP contribution in [0.1, 0.15) is 85.3 Å². The van der Waals surface area contributed by atoms with Gasteiger partial charge in [-0.2, -0.15) is 5.26 Å². The number of rotatable bonds is 8. The monoisotopic (exact) mass is 567 g/mol. The normalized spacial score (nSPS) is 19.6. The Hall–Kier alpha value is -3.18. The highest BCUT2D eigenvalue weighted by Gasteiger charge is 2.41. The van der Waals surface area contributed by atoms with Gasteiger partial charge in [-0.3, -0.25) is 14.6 Å². The molecule has 7 heteroatoms. The number of carbonyl (C=O) groups excluding carboxylic acids is 1. The van der Waals surface area contributed by atoms with Crippen LogP contribution in [0.4, 0.5) is 5.69 Å². The van der Waals surface area contributed by atoms with Crippen molar-refractivity contribution in [3.8, 4) is 6.07 Å². The predicted molar refractivity (Wildman–Crippen MR) is 169 cm³/mol. The molecule has 0 unspecified atom stereocenters. The van der Waals surface area contributed by atoms with Gasteiger partial charge in [-0.1, -0.05) is 33.8 Å². The van der Waals surface area contributed by atoms with Crippen molar-refractivity contribution in [2.75, 3.05) is 63.9 Å². The van der Waals surface area contributed by atoms with Crippen LogP contribution in [-0.4, -0.2) is 85.6 Å². The number of nitriles is 1. The number of piperazine rings is 1. The van der Waals surface area contributed by atoms with Crippen LogP contribution < -0.4 is 4.90 Å². The van der Waals surface area contributed by atoms with Crippen molar-refractivity contribution in [1.82, 2.24) is 14.8 Å². The zero-order valence-corrected chi connectivity index (χ0v) is 25.8. The van der Waals surface area contributed by atoms with Crippen LogP contribution in [0, 0.1) is 11.3 Å². The van der Waals surface area contributed by atoms with Crippen molar-refractivity contribution in [2.45, 2.75) is 64.8 Å². The number of aryl methyl sites for hydroxylation is 1. The number of piperidine rings is 1. The number of nitrogens with zero attached hydrogens (tertiary/aromatic N) is 4. The van der Waals surface area contributed by atoms with E-state index in [-0.39, 0.29) is 11.2 Å². The molecule has 1 N–H and O–H groups in total. The van der Waals surface area contributed by atoms with E-state index < -0.39 is 0 Å². The van der Waals surface area contributed by atoms with E-state index in [1.807, 2.05) is 12.1 Å². The summed E-state index contributed by atoms with van der Waals surface area (Å²) in [6.45, 7) is 18.2. The van der Waals surface area contributed by atoms with Crippen molar-refractivity contribution in [3.05, 3.63) is 63.8 Å². The van der Waals surface area contributed by atoms with Crippen LogP contribution in [0.5, 0.6) is 0 Å². The van der Waals surface area contributed by atoms with Crippen LogP contribution in [0.25, 0.3) is 10.9 Å². The van der Waals surface area contributed by atoms with Crippen molar-refractivity contribution < 1.29 is 9.53 Å². The summed E-state index contributed by atoms with van der Waals surface area (Å²) in [4.78, 5) is 25.4. The zero-order chi connectivity index (χ0) is 29.4. The third-order valence-corrected chi connectivity index (χ3v) is 9.93. The fraction of sp³-hybridized carbons (Fsp3) is 0.543. The van der Waals surface area contributed by atoms with E-state index in [9.17, 15) is 10.1 Å². The number of H-pyrrole nitrogens is 1. The third-order valence-electron chi connectivity index (χ3n) is 9.93. The Bertz CT molecular complexity index is 1500. The van der Waals surface area contributed by atoms with E-state index in [1.165, 1.54) is 24.1 Å². The summed E-state index contributed by atoms with van der Waals surface area (Å²) in [6, 6.07) is 13.0. The molecule has 2 aliphatic heterocycles. The first-order chi connectivity index (χ1) is 20.3. The number of fused-ring (bicyclic) bond motifs is 4. The number of ketones is 1. The molecule has 2 saturated heterocycles. The highest BCUT2D eigenvalue weighted by molar-refractivity contribution is 6.20. The van der Waals surface area contributed by atoms with Gasteiger partial charge in [-0.05, 0) is 61.1 Å². The maximum atomic E-state index is 14.0. The Labute approximate surface area is 250 Å². The molecule has 0 spiro atoms. The number of hydrogen-bond donors (Lipinski definition) is 1. The first-order valence-electron chi connectivity index (χ1n) is 15.9. The largest absolute Gasteiger partial charge is 0.380 e. The van der Waals surface area contributed by atoms with Gasteiger partial charge in [0.15, 0.2) is 5.78 Å². The molecule has 3 aliphatic rings. The standard InChI is InChI=1S/C35H45N5O2/c1-5-18-42-19-17-38-13-15-39(16-14-38)26-9-11-40(12-10-26)31-22-29-28(21-25(31)6-2)33(41)32-27-8-7-24(23-36)20-30(27)37-34(32)35(29,3)4/h7-8,20-22,26,37H,5-6,9-19H2,1-4H3. The predicted octanol–water partition coefficient (Wildman–Crippen LogP) is 5.49. The molecular formula is C35H45N5O2. The summed E-state index contributed by atoms with van der Waals surface area (Å²) in [5.74, 6) is 0.0892. The molecule has 0 amide bonds. The van der Waals surface area contributed by atoms with Crippen LogP contribution in [0.15, 0.2) is 30.3 Å². The van der Waals surface area contributed by atoms with E-state index in [2.05, 4.69) is 65.6 Å². The lowest BCUT2D eigenvalue weighted by atomic mass is 9.70. The number of carbonyl (C=O) groups is 1. The number of aromatic amines is 1. The molecular weight excluding hydrogens is 522 g/mol. The highest BCUT2D eigenvalue weighted by atomic mass is 16.5. The van der Waals surface area contributed by atoms with Gasteiger partial charge in [0.2, 0.25) is 0 Å². The number of ether oxygens (including phenoxy) is 1. The molecule has 0 radical (unpaired) electrons. The summed E-state index contributed by atoms with van der Waals surface area (Å²) in [6.07, 6.45) is 4.33. The summed E-state index contributed by atoms with van der Waals surface area (Å²) >= 11 is 0. The fourth-order valence-corrected chi connectivity index (χ4v) is 7.42. The number of benzene rings is 2. The van der Waals surface area contributed by atoms with Gasteiger partial charge in [0, 0.05) is 91.7 Å². The minimum absolute atomic E-state index is 0.0892. The van der Waals surface area contributed by atoms with Gasteiger partial charge in [0.1, 0.15) is 0 Å². The van der Waals surface area contributed by atoms with Crippen LogP contribution in [0.2, 0.25) is 0 Å². The second-order valence-electron chi connectivity index (χ2n) is 12.8. The summed E-state index contributed by atoms with van der Waals surface area (Å²) in [5.41, 5.74) is 7.28. The Balaban J connectivity index is 1.18. The molecule has 7 nitrogen and oxygen atoms in total. The number of aromatic nitrogens is 1. The van der Waals surface area contributed by atoms with Gasteiger partial charge < -0.3 is 14.6 Å². The lowest BCUT2D eigenvalue weighted by Crippen LogP contribution is -2.53. The molecule has 222 valence electrons. The molecule has 3 aromatic rings. The van der Waals surface area contributed by atoms with Crippen LogP contribution in [-0.2, 0) is 16.6 Å². The highest BCUT2D eigenvalue weighted by Crippen LogP contribution is 2.46. The quantitative estimate of drug-likeness (QED) is 0.363. The number of anilines is 1. The first-order valence-corrected chi connectivity index (χ1v) is 15.9. The van der Waals surface area contributed by atoms with Gasteiger partial charge in [0.05, 0.1) is 23.8 Å².